The number of allylic oxidation sites excluding steroid dienone is 1. The normalized spacial score (nSPS) is 17.7. The van der Waals surface area contributed by atoms with Gasteiger partial charge in [0.25, 0.3) is 5.91 Å². The SMILES string of the molecule is CC1CCN(C(=O)COC(=O)c2c3c(nc4ccccc24)C(=Cc2cccs2)CC3)CC1. The van der Waals surface area contributed by atoms with E-state index >= 15 is 0 Å². The van der Waals surface area contributed by atoms with Crippen molar-refractivity contribution in [2.45, 2.75) is 32.6 Å². The summed E-state index contributed by atoms with van der Waals surface area (Å²) in [6, 6.07) is 11.8. The fourth-order valence-corrected chi connectivity index (χ4v) is 5.29. The molecule has 0 N–H and O–H groups in total. The molecule has 3 heterocycles. The van der Waals surface area contributed by atoms with Crippen LogP contribution >= 0.6 is 11.3 Å². The molecule has 1 amide bonds. The van der Waals surface area contributed by atoms with Gasteiger partial charge in [0, 0.05) is 23.4 Å². The number of esters is 1. The van der Waals surface area contributed by atoms with Crippen LogP contribution in [0.5, 0.6) is 0 Å². The molecular formula is C26H26N2O3S. The van der Waals surface area contributed by atoms with E-state index in [-0.39, 0.29) is 12.5 Å². The van der Waals surface area contributed by atoms with Crippen molar-refractivity contribution in [3.05, 3.63) is 63.5 Å². The number of hydrogen-bond donors (Lipinski definition) is 0. The molecule has 2 aromatic heterocycles. The molecule has 1 aliphatic carbocycles. The first-order chi connectivity index (χ1) is 15.6. The number of hydrogen-bond acceptors (Lipinski definition) is 5. The minimum atomic E-state index is -0.434. The van der Waals surface area contributed by atoms with E-state index in [2.05, 4.69) is 24.4 Å². The van der Waals surface area contributed by atoms with Gasteiger partial charge in [0.15, 0.2) is 6.61 Å². The summed E-state index contributed by atoms with van der Waals surface area (Å²) in [5.74, 6) is 0.0956. The highest BCUT2D eigenvalue weighted by atomic mass is 32.1. The molecule has 32 heavy (non-hydrogen) atoms. The third-order valence-corrected chi connectivity index (χ3v) is 7.29. The maximum absolute atomic E-state index is 13.2. The number of likely N-dealkylation sites (tertiary alicyclic amines) is 1. The van der Waals surface area contributed by atoms with Gasteiger partial charge in [0.1, 0.15) is 0 Å². The molecule has 0 unspecified atom stereocenters. The second-order valence-electron chi connectivity index (χ2n) is 8.66. The Labute approximate surface area is 191 Å². The Morgan fingerprint density at radius 1 is 1.16 bits per heavy atom. The maximum atomic E-state index is 13.2. The average molecular weight is 447 g/mol. The Kier molecular flexibility index (Phi) is 5.79. The second kappa shape index (κ2) is 8.87. The average Bonchev–Trinajstić information content (AvgIpc) is 3.46. The lowest BCUT2D eigenvalue weighted by atomic mass is 9.99. The van der Waals surface area contributed by atoms with Gasteiger partial charge in [-0.1, -0.05) is 31.2 Å². The van der Waals surface area contributed by atoms with Crippen molar-refractivity contribution in [3.8, 4) is 0 Å². The van der Waals surface area contributed by atoms with Crippen molar-refractivity contribution in [2.24, 2.45) is 5.92 Å². The first kappa shape index (κ1) is 20.9. The number of aromatic nitrogens is 1. The van der Waals surface area contributed by atoms with Crippen LogP contribution in [0.25, 0.3) is 22.6 Å². The van der Waals surface area contributed by atoms with Crippen molar-refractivity contribution >= 4 is 45.8 Å². The summed E-state index contributed by atoms with van der Waals surface area (Å²) in [5.41, 5.74) is 4.27. The van der Waals surface area contributed by atoms with Gasteiger partial charge < -0.3 is 9.64 Å². The van der Waals surface area contributed by atoms with Crippen LogP contribution in [0.15, 0.2) is 41.8 Å². The number of pyridine rings is 1. The highest BCUT2D eigenvalue weighted by Gasteiger charge is 2.28. The van der Waals surface area contributed by atoms with Crippen molar-refractivity contribution in [2.75, 3.05) is 19.7 Å². The number of fused-ring (bicyclic) bond motifs is 2. The van der Waals surface area contributed by atoms with E-state index in [0.29, 0.717) is 11.5 Å². The summed E-state index contributed by atoms with van der Waals surface area (Å²) in [6.45, 7) is 3.47. The maximum Gasteiger partial charge on any atom is 0.339 e. The van der Waals surface area contributed by atoms with Crippen molar-refractivity contribution in [1.82, 2.24) is 9.88 Å². The molecule has 1 aromatic carbocycles. The fourth-order valence-electron chi connectivity index (χ4n) is 4.61. The van der Waals surface area contributed by atoms with Gasteiger partial charge in [-0.25, -0.2) is 9.78 Å². The molecule has 0 saturated carbocycles. The molecule has 5 rings (SSSR count). The number of carbonyl (C=O) groups is 2. The molecule has 0 spiro atoms. The lowest BCUT2D eigenvalue weighted by molar-refractivity contribution is -0.135. The molecular weight excluding hydrogens is 420 g/mol. The van der Waals surface area contributed by atoms with Gasteiger partial charge >= 0.3 is 5.97 Å². The zero-order valence-electron chi connectivity index (χ0n) is 18.2. The van der Waals surface area contributed by atoms with Crippen LogP contribution in [0.3, 0.4) is 0 Å². The van der Waals surface area contributed by atoms with E-state index in [9.17, 15) is 9.59 Å². The quantitative estimate of drug-likeness (QED) is 0.517. The van der Waals surface area contributed by atoms with E-state index in [4.69, 9.17) is 9.72 Å². The minimum Gasteiger partial charge on any atom is -0.452 e. The molecule has 1 fully saturated rings. The Balaban J connectivity index is 1.43. The van der Waals surface area contributed by atoms with Crippen LogP contribution in [-0.2, 0) is 16.0 Å². The molecule has 1 saturated heterocycles. The Morgan fingerprint density at radius 3 is 2.75 bits per heavy atom. The van der Waals surface area contributed by atoms with Gasteiger partial charge in [-0.15, -0.1) is 11.3 Å². The van der Waals surface area contributed by atoms with Crippen LogP contribution in [0.1, 0.15) is 52.7 Å². The topological polar surface area (TPSA) is 59.5 Å². The Morgan fingerprint density at radius 2 is 1.97 bits per heavy atom. The number of amides is 1. The molecule has 164 valence electrons. The highest BCUT2D eigenvalue weighted by molar-refractivity contribution is 7.10. The highest BCUT2D eigenvalue weighted by Crippen LogP contribution is 2.38. The number of nitrogens with zero attached hydrogens (tertiary/aromatic N) is 2. The zero-order valence-corrected chi connectivity index (χ0v) is 19.0. The summed E-state index contributed by atoms with van der Waals surface area (Å²) in [6.07, 6.45) is 5.74. The van der Waals surface area contributed by atoms with Gasteiger partial charge in [0.05, 0.1) is 16.8 Å². The van der Waals surface area contributed by atoms with Gasteiger partial charge in [0.2, 0.25) is 0 Å². The third kappa shape index (κ3) is 4.07. The molecule has 5 nitrogen and oxygen atoms in total. The minimum absolute atomic E-state index is 0.112. The largest absolute Gasteiger partial charge is 0.452 e. The molecule has 0 atom stereocenters. The predicted molar refractivity (Wildman–Crippen MR) is 128 cm³/mol. The summed E-state index contributed by atoms with van der Waals surface area (Å²) >= 11 is 1.69. The van der Waals surface area contributed by atoms with Gasteiger partial charge in [-0.2, -0.15) is 0 Å². The molecule has 6 heteroatoms. The van der Waals surface area contributed by atoms with Crippen LogP contribution in [0, 0.1) is 5.92 Å². The number of benzene rings is 1. The lowest BCUT2D eigenvalue weighted by Crippen LogP contribution is -2.40. The predicted octanol–water partition coefficient (Wildman–Crippen LogP) is 5.20. The molecule has 0 bridgehead atoms. The van der Waals surface area contributed by atoms with Crippen LogP contribution in [-0.4, -0.2) is 41.5 Å². The third-order valence-electron chi connectivity index (χ3n) is 6.47. The number of piperidine rings is 1. The molecule has 1 aliphatic heterocycles. The summed E-state index contributed by atoms with van der Waals surface area (Å²) in [7, 11) is 0. The van der Waals surface area contributed by atoms with Gasteiger partial charge in [-0.05, 0) is 66.3 Å². The standard InChI is InChI=1S/C26H26N2O3S/c1-17-10-12-28(13-11-17)23(29)16-31-26(30)24-20-6-2-3-7-22(20)27-25-18(8-9-21(24)25)15-19-5-4-14-32-19/h2-7,14-15,17H,8-13,16H2,1H3. The first-order valence-corrected chi connectivity index (χ1v) is 12.1. The van der Waals surface area contributed by atoms with Gasteiger partial charge in [-0.3, -0.25) is 4.79 Å². The smallest absolute Gasteiger partial charge is 0.339 e. The second-order valence-corrected chi connectivity index (χ2v) is 9.63. The summed E-state index contributed by atoms with van der Waals surface area (Å²) in [5, 5.41) is 2.84. The number of ether oxygens (including phenoxy) is 1. The van der Waals surface area contributed by atoms with Crippen LogP contribution in [0.2, 0.25) is 0 Å². The fraction of sp³-hybridized carbons (Fsp3) is 0.346. The monoisotopic (exact) mass is 446 g/mol. The number of para-hydroxylation sites is 1. The number of carbonyl (C=O) groups excluding carboxylic acids is 2. The Bertz CT molecular complexity index is 1190. The molecule has 3 aromatic rings. The van der Waals surface area contributed by atoms with E-state index < -0.39 is 5.97 Å². The zero-order chi connectivity index (χ0) is 22.1. The molecule has 2 aliphatic rings. The first-order valence-electron chi connectivity index (χ1n) is 11.2. The van der Waals surface area contributed by atoms with E-state index in [1.165, 1.54) is 4.88 Å². The van der Waals surface area contributed by atoms with Crippen LogP contribution < -0.4 is 0 Å². The summed E-state index contributed by atoms with van der Waals surface area (Å²) in [4.78, 5) is 33.7. The van der Waals surface area contributed by atoms with Crippen molar-refractivity contribution in [3.63, 3.8) is 0 Å². The van der Waals surface area contributed by atoms with Crippen LogP contribution in [0.4, 0.5) is 0 Å². The molecule has 0 radical (unpaired) electrons. The summed E-state index contributed by atoms with van der Waals surface area (Å²) < 4.78 is 5.57. The number of rotatable bonds is 4. The lowest BCUT2D eigenvalue weighted by Gasteiger charge is -2.30. The van der Waals surface area contributed by atoms with E-state index in [0.717, 1.165) is 66.5 Å². The van der Waals surface area contributed by atoms with Crippen molar-refractivity contribution in [1.29, 1.82) is 0 Å². The van der Waals surface area contributed by atoms with E-state index in [1.807, 2.05) is 35.2 Å². The number of thiophene rings is 1. The Hall–Kier alpha value is -2.99. The van der Waals surface area contributed by atoms with Crippen molar-refractivity contribution < 1.29 is 14.3 Å². The van der Waals surface area contributed by atoms with E-state index in [1.54, 1.807) is 11.3 Å².